The van der Waals surface area contributed by atoms with Crippen molar-refractivity contribution in [3.05, 3.63) is 84.2 Å². The molecule has 0 aliphatic rings. The lowest BCUT2D eigenvalue weighted by molar-refractivity contribution is 0.541. The molecule has 2 aromatic heterocycles. The maximum absolute atomic E-state index is 13.2. The van der Waals surface area contributed by atoms with Crippen LogP contribution in [-0.2, 0) is 26.7 Å². The molecule has 0 aliphatic heterocycles. The highest BCUT2D eigenvalue weighted by atomic mass is 32.2. The van der Waals surface area contributed by atoms with Crippen LogP contribution in [-0.4, -0.2) is 39.5 Å². The quantitative estimate of drug-likeness (QED) is 0.183. The van der Waals surface area contributed by atoms with Crippen LogP contribution in [0.15, 0.2) is 77.7 Å². The van der Waals surface area contributed by atoms with Crippen LogP contribution in [0.2, 0.25) is 0 Å². The number of benzene rings is 3. The predicted octanol–water partition coefficient (Wildman–Crippen LogP) is 5.24. The lowest BCUT2D eigenvalue weighted by Gasteiger charge is -2.14. The summed E-state index contributed by atoms with van der Waals surface area (Å²) in [5.74, 6) is 1.11. The van der Waals surface area contributed by atoms with Gasteiger partial charge in [-0.2, -0.15) is 8.84 Å². The van der Waals surface area contributed by atoms with E-state index in [-0.39, 0.29) is 16.0 Å². The van der Waals surface area contributed by atoms with Crippen molar-refractivity contribution < 1.29 is 16.8 Å². The van der Waals surface area contributed by atoms with Gasteiger partial charge in [0.15, 0.2) is 11.5 Å². The van der Waals surface area contributed by atoms with Crippen molar-refractivity contribution in [3.8, 4) is 17.0 Å². The topological polar surface area (TPSA) is 143 Å². The number of aromatic nitrogens is 4. The smallest absolute Gasteiger partial charge is 0.316 e. The number of H-pyrrole nitrogens is 1. The van der Waals surface area contributed by atoms with Crippen LogP contribution in [0.4, 0.5) is 17.1 Å². The van der Waals surface area contributed by atoms with E-state index in [1.54, 1.807) is 54.1 Å². The Morgan fingerprint density at radius 1 is 0.927 bits per heavy atom. The molecule has 11 nitrogen and oxygen atoms in total. The van der Waals surface area contributed by atoms with Gasteiger partial charge >= 0.3 is 11.3 Å². The lowest BCUT2D eigenvalue weighted by atomic mass is 9.96. The van der Waals surface area contributed by atoms with E-state index < -0.39 is 21.3 Å². The molecule has 0 fully saturated rings. The summed E-state index contributed by atoms with van der Waals surface area (Å²) in [7, 11) is -2.17. The van der Waals surface area contributed by atoms with Crippen LogP contribution < -0.4 is 18.9 Å². The fourth-order valence-corrected chi connectivity index (χ4v) is 5.63. The van der Waals surface area contributed by atoms with E-state index in [2.05, 4.69) is 29.9 Å². The predicted molar refractivity (Wildman–Crippen MR) is 162 cm³/mol. The molecule has 2 heterocycles. The first kappa shape index (κ1) is 28.2. The first-order valence-corrected chi connectivity index (χ1v) is 15.3. The van der Waals surface area contributed by atoms with Gasteiger partial charge in [0.05, 0.1) is 22.0 Å². The highest BCUT2D eigenvalue weighted by Crippen LogP contribution is 2.30. The first-order valence-electron chi connectivity index (χ1n) is 12.8. The summed E-state index contributed by atoms with van der Waals surface area (Å²) >= 11 is -1.96. The summed E-state index contributed by atoms with van der Waals surface area (Å²) in [4.78, 5) is 4.71. The van der Waals surface area contributed by atoms with Crippen LogP contribution in [0.5, 0.6) is 5.75 Å². The van der Waals surface area contributed by atoms with E-state index in [1.807, 2.05) is 45.9 Å². The molecule has 0 radical (unpaired) electrons. The van der Waals surface area contributed by atoms with Gasteiger partial charge in [0, 0.05) is 29.8 Å². The molecule has 0 saturated heterocycles. The summed E-state index contributed by atoms with van der Waals surface area (Å²) in [6.07, 6.45) is 0. The number of sulfonamides is 1. The van der Waals surface area contributed by atoms with E-state index in [4.69, 9.17) is 4.18 Å². The Balaban J connectivity index is 1.48. The molecule has 1 unspecified atom stereocenters. The average Bonchev–Trinajstić information content (AvgIpc) is 3.50. The number of nitrogens with zero attached hydrogens (tertiary/aromatic N) is 3. The van der Waals surface area contributed by atoms with E-state index in [0.717, 1.165) is 11.3 Å². The second kappa shape index (κ2) is 10.9. The molecule has 214 valence electrons. The van der Waals surface area contributed by atoms with Gasteiger partial charge in [-0.15, -0.1) is 5.10 Å². The fourth-order valence-electron chi connectivity index (χ4n) is 3.95. The summed E-state index contributed by atoms with van der Waals surface area (Å²) in [5, 5.41) is 10.7. The number of aryl methyl sites for hydroxylation is 1. The van der Waals surface area contributed by atoms with Crippen LogP contribution in [0, 0.1) is 6.92 Å². The molecule has 5 aromatic rings. The molecule has 0 bridgehead atoms. The van der Waals surface area contributed by atoms with Gasteiger partial charge in [-0.3, -0.25) is 14.5 Å². The van der Waals surface area contributed by atoms with Crippen molar-refractivity contribution in [1.82, 2.24) is 19.8 Å². The van der Waals surface area contributed by atoms with E-state index in [0.29, 0.717) is 34.2 Å². The Kier molecular flexibility index (Phi) is 7.49. The van der Waals surface area contributed by atoms with Gasteiger partial charge in [0.25, 0.3) is 10.0 Å². The van der Waals surface area contributed by atoms with Crippen molar-refractivity contribution in [2.75, 3.05) is 21.8 Å². The summed E-state index contributed by atoms with van der Waals surface area (Å²) in [5.41, 5.74) is 4.08. The molecule has 5 rings (SSSR count). The van der Waals surface area contributed by atoms with Crippen LogP contribution in [0.3, 0.4) is 0 Å². The van der Waals surface area contributed by atoms with Gasteiger partial charge in [-0.1, -0.05) is 38.5 Å². The van der Waals surface area contributed by atoms with Gasteiger partial charge in [0.1, 0.15) is 5.75 Å². The second-order valence-corrected chi connectivity index (χ2v) is 13.1. The Labute approximate surface area is 241 Å². The van der Waals surface area contributed by atoms with Gasteiger partial charge in [-0.05, 0) is 61.5 Å². The third kappa shape index (κ3) is 6.52. The molecular weight excluding hydrogens is 562 g/mol. The Bertz CT molecular complexity index is 1790. The third-order valence-electron chi connectivity index (χ3n) is 6.15. The highest BCUT2D eigenvalue weighted by molar-refractivity contribution is 7.92. The minimum absolute atomic E-state index is 0.0972. The van der Waals surface area contributed by atoms with Crippen molar-refractivity contribution in [3.63, 3.8) is 0 Å². The molecular formula is C28H31N7O4S2. The average molecular weight is 594 g/mol. The first-order chi connectivity index (χ1) is 19.4. The molecule has 0 aliphatic carbocycles. The number of hydrogen-bond acceptors (Lipinski definition) is 7. The molecule has 0 amide bonds. The van der Waals surface area contributed by atoms with E-state index >= 15 is 0 Å². The Morgan fingerprint density at radius 2 is 1.61 bits per heavy atom. The number of hydrogen-bond donors (Lipinski definition) is 4. The number of aromatic amines is 1. The number of fused-ring (bicyclic) bond motifs is 1. The van der Waals surface area contributed by atoms with Gasteiger partial charge in [-0.25, -0.2) is 13.4 Å². The normalized spacial score (nSPS) is 12.7. The highest BCUT2D eigenvalue weighted by Gasteiger charge is 2.21. The standard InChI is InChI=1S/C28H31N7O4S2/c1-18-6-10-23(11-7-18)39-40(36)33-21-14-19(25-17-26-30-27(28(2,3)4)32-35(26)31-25)15-22(16-21)34-41(37,38)24-12-8-20(29-5)9-13-24/h6-17,29,31,33-34H,1-5H3. The van der Waals surface area contributed by atoms with Crippen LogP contribution in [0.25, 0.3) is 16.9 Å². The SMILES string of the molecule is CNc1ccc(S(=O)(=O)Nc2cc(NS(=O)Oc3ccc(C)cc3)cc(-c3cc4nc(C(C)(C)C)nn4[nH]3)c2)cc1. The van der Waals surface area contributed by atoms with E-state index in [1.165, 1.54) is 12.1 Å². The van der Waals surface area contributed by atoms with Gasteiger partial charge < -0.3 is 9.50 Å². The fraction of sp³-hybridized carbons (Fsp3) is 0.214. The van der Waals surface area contributed by atoms with Crippen molar-refractivity contribution in [2.24, 2.45) is 0 Å². The maximum atomic E-state index is 13.2. The minimum Gasteiger partial charge on any atom is -0.388 e. The molecule has 0 spiro atoms. The second-order valence-electron chi connectivity index (χ2n) is 10.5. The van der Waals surface area contributed by atoms with Crippen molar-refractivity contribution in [1.29, 1.82) is 0 Å². The van der Waals surface area contributed by atoms with E-state index in [9.17, 15) is 12.6 Å². The number of nitrogens with one attached hydrogen (secondary N) is 4. The zero-order valence-electron chi connectivity index (χ0n) is 23.2. The van der Waals surface area contributed by atoms with Crippen LogP contribution >= 0.6 is 0 Å². The molecule has 13 heteroatoms. The largest absolute Gasteiger partial charge is 0.388 e. The zero-order chi connectivity index (χ0) is 29.4. The van der Waals surface area contributed by atoms with Crippen LogP contribution in [0.1, 0.15) is 32.2 Å². The molecule has 41 heavy (non-hydrogen) atoms. The molecule has 3 aromatic carbocycles. The minimum atomic E-state index is -3.92. The molecule has 1 atom stereocenters. The lowest BCUT2D eigenvalue weighted by Crippen LogP contribution is -2.14. The summed E-state index contributed by atoms with van der Waals surface area (Å²) < 4.78 is 51.8. The summed E-state index contributed by atoms with van der Waals surface area (Å²) in [6.45, 7) is 8.03. The summed E-state index contributed by atoms with van der Waals surface area (Å²) in [6, 6.07) is 20.3. The molecule has 0 saturated carbocycles. The Morgan fingerprint density at radius 3 is 2.24 bits per heavy atom. The Hall–Kier alpha value is -4.36. The molecule has 4 N–H and O–H groups in total. The number of rotatable bonds is 9. The van der Waals surface area contributed by atoms with Gasteiger partial charge in [0.2, 0.25) is 0 Å². The van der Waals surface area contributed by atoms with Crippen molar-refractivity contribution >= 4 is 44.0 Å². The van der Waals surface area contributed by atoms with Crippen molar-refractivity contribution in [2.45, 2.75) is 38.0 Å². The third-order valence-corrected chi connectivity index (χ3v) is 8.29. The maximum Gasteiger partial charge on any atom is 0.316 e. The zero-order valence-corrected chi connectivity index (χ0v) is 24.9. The monoisotopic (exact) mass is 593 g/mol. The number of anilines is 3.